The van der Waals surface area contributed by atoms with Crippen LogP contribution in [0, 0.1) is 0 Å². The Bertz CT molecular complexity index is 914. The molecule has 37 heavy (non-hydrogen) atoms. The number of aliphatic hydroxyl groups is 1. The number of nitrogens with one attached hydrogen (secondary N) is 1. The predicted octanol–water partition coefficient (Wildman–Crippen LogP) is 6.33. The van der Waals surface area contributed by atoms with E-state index in [0.29, 0.717) is 17.1 Å². The van der Waals surface area contributed by atoms with Crippen LogP contribution in [0.5, 0.6) is 11.5 Å². The molecule has 7 nitrogen and oxygen atoms in total. The van der Waals surface area contributed by atoms with Crippen LogP contribution < -0.4 is 15.0 Å². The Morgan fingerprint density at radius 3 is 2.16 bits per heavy atom. The van der Waals surface area contributed by atoms with Crippen molar-refractivity contribution in [2.45, 2.75) is 63.5 Å². The maximum atomic E-state index is 12.5. The fraction of sp³-hybridized carbons (Fsp3) is 0.500. The van der Waals surface area contributed by atoms with Crippen molar-refractivity contribution < 1.29 is 37.8 Å². The van der Waals surface area contributed by atoms with Gasteiger partial charge in [0.05, 0.1) is 19.8 Å². The Morgan fingerprint density at radius 2 is 1.76 bits per heavy atom. The number of hydrogen-bond acceptors (Lipinski definition) is 7. The number of rotatable bonds is 13. The fourth-order valence-electron chi connectivity index (χ4n) is 3.11. The number of benzene rings is 1. The number of ether oxygens (including phenoxy) is 2. The molecular formula is C26H39F3N2O5S. The summed E-state index contributed by atoms with van der Waals surface area (Å²) in [7, 11) is 2.85. The molecule has 0 aromatic heterocycles. The smallest absolute Gasteiger partial charge is 0.416 e. The second-order valence-corrected chi connectivity index (χ2v) is 8.93. The summed E-state index contributed by atoms with van der Waals surface area (Å²) in [4.78, 5) is 14.3. The van der Waals surface area contributed by atoms with Gasteiger partial charge in [0.15, 0.2) is 11.5 Å². The summed E-state index contributed by atoms with van der Waals surface area (Å²) in [6.07, 6.45) is 1.58. The van der Waals surface area contributed by atoms with Gasteiger partial charge in [-0.05, 0) is 50.5 Å². The average Bonchev–Trinajstić information content (AvgIpc) is 2.87. The lowest BCUT2D eigenvalue weighted by molar-refractivity contribution is -0.0881. The second-order valence-electron chi connectivity index (χ2n) is 7.71. The highest BCUT2D eigenvalue weighted by molar-refractivity contribution is 7.99. The summed E-state index contributed by atoms with van der Waals surface area (Å²) in [5, 5.41) is 18.5. The number of allylic oxidation sites excluding steroid dienone is 5. The molecule has 0 aliphatic rings. The molecule has 0 aliphatic heterocycles. The molecule has 0 aliphatic carbocycles. The minimum absolute atomic E-state index is 0.127. The molecule has 0 heterocycles. The molecule has 0 radical (unpaired) electrons. The maximum absolute atomic E-state index is 12.5. The molecule has 1 atom stereocenters. The fourth-order valence-corrected chi connectivity index (χ4v) is 4.02. The Morgan fingerprint density at radius 1 is 1.16 bits per heavy atom. The zero-order chi connectivity index (χ0) is 28.6. The molecule has 0 bridgehead atoms. The van der Waals surface area contributed by atoms with Crippen LogP contribution in [0.1, 0.15) is 57.3 Å². The van der Waals surface area contributed by atoms with Crippen molar-refractivity contribution in [3.8, 4) is 11.5 Å². The van der Waals surface area contributed by atoms with Gasteiger partial charge in [0.25, 0.3) is 5.91 Å². The molecule has 0 saturated heterocycles. The maximum Gasteiger partial charge on any atom is 0.416 e. The molecule has 1 rings (SSSR count). The number of carbonyl (C=O) groups is 1. The van der Waals surface area contributed by atoms with Gasteiger partial charge in [-0.25, -0.2) is 5.48 Å². The van der Waals surface area contributed by atoms with Crippen LogP contribution in [0.4, 0.5) is 13.2 Å². The van der Waals surface area contributed by atoms with E-state index in [0.717, 1.165) is 55.5 Å². The van der Waals surface area contributed by atoms with Gasteiger partial charge in [-0.15, -0.1) is 0 Å². The number of thioether (sulfide) groups is 1. The first-order valence-corrected chi connectivity index (χ1v) is 12.7. The van der Waals surface area contributed by atoms with Crippen LogP contribution in [-0.2, 0) is 0 Å². The lowest BCUT2D eigenvalue weighted by Gasteiger charge is -2.24. The van der Waals surface area contributed by atoms with Crippen molar-refractivity contribution in [3.63, 3.8) is 0 Å². The molecule has 1 amide bonds. The molecule has 1 aromatic carbocycles. The minimum atomic E-state index is -4.33. The number of hydroxylamine groups is 1. The number of methoxy groups -OCH3 is 2. The Balaban J connectivity index is 0.000000702. The van der Waals surface area contributed by atoms with Crippen molar-refractivity contribution in [2.75, 3.05) is 27.3 Å². The molecule has 0 fully saturated rings. The third-order valence-corrected chi connectivity index (χ3v) is 6.18. The normalized spacial score (nSPS) is 12.7. The van der Waals surface area contributed by atoms with Gasteiger partial charge in [-0.2, -0.15) is 13.2 Å². The summed E-state index contributed by atoms with van der Waals surface area (Å²) < 4.78 is 47.7. The molecule has 210 valence electrons. The summed E-state index contributed by atoms with van der Waals surface area (Å²) in [5.74, 6) is -0.139. The average molecular weight is 549 g/mol. The first kappa shape index (κ1) is 34.4. The summed E-state index contributed by atoms with van der Waals surface area (Å²) in [6, 6.07) is 3.27. The number of alkyl halides is 3. The van der Waals surface area contributed by atoms with Gasteiger partial charge in [0.2, 0.25) is 0 Å². The quantitative estimate of drug-likeness (QED) is 0.0872. The molecular weight excluding hydrogens is 509 g/mol. The van der Waals surface area contributed by atoms with E-state index in [1.165, 1.54) is 20.3 Å². The van der Waals surface area contributed by atoms with Crippen molar-refractivity contribution in [2.24, 2.45) is 0 Å². The van der Waals surface area contributed by atoms with Gasteiger partial charge in [0.1, 0.15) is 11.0 Å². The zero-order valence-electron chi connectivity index (χ0n) is 22.3. The van der Waals surface area contributed by atoms with Crippen LogP contribution in [-0.4, -0.2) is 60.0 Å². The van der Waals surface area contributed by atoms with Gasteiger partial charge in [0, 0.05) is 23.7 Å². The second kappa shape index (κ2) is 17.8. The van der Waals surface area contributed by atoms with E-state index < -0.39 is 23.1 Å². The predicted molar refractivity (Wildman–Crippen MR) is 141 cm³/mol. The summed E-state index contributed by atoms with van der Waals surface area (Å²) in [6.45, 7) is 12.7. The van der Waals surface area contributed by atoms with Crippen molar-refractivity contribution in [1.29, 1.82) is 0 Å². The Hall–Kier alpha value is -2.63. The van der Waals surface area contributed by atoms with E-state index in [1.54, 1.807) is 17.6 Å². The summed E-state index contributed by atoms with van der Waals surface area (Å²) in [5.41, 5.74) is 1.18. The minimum Gasteiger partial charge on any atom is -0.493 e. The van der Waals surface area contributed by atoms with E-state index >= 15 is 0 Å². The number of hydrogen-bond donors (Lipinski definition) is 3. The van der Waals surface area contributed by atoms with Crippen molar-refractivity contribution >= 4 is 17.7 Å². The van der Waals surface area contributed by atoms with Gasteiger partial charge in [-0.3, -0.25) is 10.0 Å². The monoisotopic (exact) mass is 548 g/mol. The van der Waals surface area contributed by atoms with Gasteiger partial charge in [-0.1, -0.05) is 45.2 Å². The molecule has 3 N–H and O–H groups in total. The van der Waals surface area contributed by atoms with E-state index in [1.807, 2.05) is 13.8 Å². The number of amides is 1. The molecule has 11 heteroatoms. The van der Waals surface area contributed by atoms with Crippen LogP contribution in [0.15, 0.2) is 53.1 Å². The molecule has 1 unspecified atom stereocenters. The first-order valence-electron chi connectivity index (χ1n) is 11.8. The first-order chi connectivity index (χ1) is 17.4. The SMILES string of the molecule is C=C/C(=C\C=C(/C)N(CCC)CCC)C(F)(F)F.CCC(O)Sc1ccc(OC)c(OC)c1C(=O)NO. The molecule has 0 spiro atoms. The van der Waals surface area contributed by atoms with Crippen LogP contribution in [0.2, 0.25) is 0 Å². The van der Waals surface area contributed by atoms with E-state index in [2.05, 4.69) is 25.3 Å². The highest BCUT2D eigenvalue weighted by Crippen LogP contribution is 2.39. The third-order valence-electron chi connectivity index (χ3n) is 4.99. The van der Waals surface area contributed by atoms with E-state index in [-0.39, 0.29) is 11.3 Å². The number of aliphatic hydroxyl groups excluding tert-OH is 1. The van der Waals surface area contributed by atoms with E-state index in [4.69, 9.17) is 14.7 Å². The zero-order valence-corrected chi connectivity index (χ0v) is 23.1. The molecule has 0 saturated carbocycles. The van der Waals surface area contributed by atoms with Gasteiger partial charge >= 0.3 is 6.18 Å². The Kier molecular flexibility index (Phi) is 16.5. The van der Waals surface area contributed by atoms with Gasteiger partial charge < -0.3 is 19.5 Å². The highest BCUT2D eigenvalue weighted by Gasteiger charge is 2.30. The largest absolute Gasteiger partial charge is 0.493 e. The van der Waals surface area contributed by atoms with Crippen LogP contribution in [0.3, 0.4) is 0 Å². The molecule has 1 aromatic rings. The van der Waals surface area contributed by atoms with E-state index in [9.17, 15) is 23.1 Å². The van der Waals surface area contributed by atoms with Crippen molar-refractivity contribution in [3.05, 3.63) is 53.8 Å². The van der Waals surface area contributed by atoms with Crippen LogP contribution in [0.25, 0.3) is 0 Å². The summed E-state index contributed by atoms with van der Waals surface area (Å²) >= 11 is 1.11. The number of halogens is 3. The lowest BCUT2D eigenvalue weighted by atomic mass is 10.1. The van der Waals surface area contributed by atoms with Crippen molar-refractivity contribution in [1.82, 2.24) is 10.4 Å². The standard InChI is InChI=1S/C14H22F3N.C12H17NO5S/c1-5-10-18(11-6-2)12(4)8-9-13(7-3)14(15,16)17;1-4-9(14)19-8-6-5-7(17-2)11(18-3)10(8)12(15)13-16/h7-9H,3,5-6,10-11H2,1-2,4H3;5-6,9,14,16H,4H2,1-3H3,(H,13,15)/b12-8+,13-9+;. The van der Waals surface area contributed by atoms with Crippen LogP contribution >= 0.6 is 11.8 Å². The highest BCUT2D eigenvalue weighted by atomic mass is 32.2. The topological polar surface area (TPSA) is 91.3 Å². The third kappa shape index (κ3) is 11.5. The number of carbonyl (C=O) groups excluding carboxylic acids is 1. The number of nitrogens with zero attached hydrogens (tertiary/aromatic N) is 1. The lowest BCUT2D eigenvalue weighted by Crippen LogP contribution is -2.23. The Labute approximate surface area is 222 Å².